The van der Waals surface area contributed by atoms with E-state index in [1.165, 1.54) is 4.68 Å². The molecule has 2 heterocycles. The van der Waals surface area contributed by atoms with E-state index in [-0.39, 0.29) is 24.5 Å². The molecule has 0 aliphatic heterocycles. The van der Waals surface area contributed by atoms with Crippen LogP contribution in [0.5, 0.6) is 0 Å². The third kappa shape index (κ3) is 5.33. The van der Waals surface area contributed by atoms with Crippen LogP contribution in [-0.2, 0) is 16.1 Å². The molecule has 1 amide bonds. The van der Waals surface area contributed by atoms with Gasteiger partial charge in [-0.15, -0.1) is 0 Å². The van der Waals surface area contributed by atoms with Gasteiger partial charge in [-0.05, 0) is 55.7 Å². The van der Waals surface area contributed by atoms with Gasteiger partial charge in [-0.1, -0.05) is 28.1 Å². The van der Waals surface area contributed by atoms with Crippen LogP contribution < -0.4 is 5.32 Å². The first-order valence-electron chi connectivity index (χ1n) is 9.58. The Bertz CT molecular complexity index is 1060. The highest BCUT2D eigenvalue weighted by Crippen LogP contribution is 2.24. The molecule has 3 rings (SSSR count). The third-order valence-corrected chi connectivity index (χ3v) is 5.07. The minimum Gasteiger partial charge on any atom is -0.465 e. The molecule has 30 heavy (non-hydrogen) atoms. The Morgan fingerprint density at radius 1 is 1.27 bits per heavy atom. The predicted molar refractivity (Wildman–Crippen MR) is 117 cm³/mol. The molecule has 0 saturated heterocycles. The molecule has 2 aromatic heterocycles. The molecule has 1 aromatic carbocycles. The van der Waals surface area contributed by atoms with Crippen LogP contribution in [0.2, 0.25) is 0 Å². The number of esters is 1. The highest BCUT2D eigenvalue weighted by molar-refractivity contribution is 9.10. The number of hydrogen-bond donors (Lipinski definition) is 1. The Morgan fingerprint density at radius 3 is 2.80 bits per heavy atom. The normalized spacial score (nSPS) is 11.7. The number of carbonyl (C=O) groups excluding carboxylic acids is 2. The lowest BCUT2D eigenvalue weighted by Crippen LogP contribution is -2.27. The van der Waals surface area contributed by atoms with Crippen molar-refractivity contribution >= 4 is 27.8 Å². The average Bonchev–Trinajstić information content (AvgIpc) is 3.16. The third-order valence-electron chi connectivity index (χ3n) is 4.57. The summed E-state index contributed by atoms with van der Waals surface area (Å²) in [5.74, 6) is -0.608. The molecular weight excluding hydrogens is 448 g/mol. The second-order valence-electron chi connectivity index (χ2n) is 6.87. The summed E-state index contributed by atoms with van der Waals surface area (Å²) in [4.78, 5) is 28.7. The van der Waals surface area contributed by atoms with E-state index in [1.807, 2.05) is 38.1 Å². The number of amides is 1. The number of aromatic nitrogens is 3. The van der Waals surface area contributed by atoms with Gasteiger partial charge in [0.25, 0.3) is 5.91 Å². The van der Waals surface area contributed by atoms with E-state index in [0.29, 0.717) is 12.3 Å². The molecule has 1 N–H and O–H groups in total. The molecule has 8 heteroatoms. The van der Waals surface area contributed by atoms with Crippen molar-refractivity contribution in [3.63, 3.8) is 0 Å². The lowest BCUT2D eigenvalue weighted by atomic mass is 10.0. The van der Waals surface area contributed by atoms with Crippen molar-refractivity contribution in [2.45, 2.75) is 33.4 Å². The van der Waals surface area contributed by atoms with Crippen molar-refractivity contribution in [1.82, 2.24) is 20.1 Å². The van der Waals surface area contributed by atoms with E-state index in [9.17, 15) is 9.59 Å². The Hall–Kier alpha value is -3.00. The summed E-state index contributed by atoms with van der Waals surface area (Å²) in [6.45, 7) is 5.96. The lowest BCUT2D eigenvalue weighted by Gasteiger charge is -2.15. The second-order valence-corrected chi connectivity index (χ2v) is 7.78. The fourth-order valence-electron chi connectivity index (χ4n) is 3.02. The SMILES string of the molecule is CCOC(=O)Cn1cc(-c2cc(C(=O)NC(C)c3cccc(Br)c3)ncc2C)cn1. The average molecular weight is 471 g/mol. The maximum Gasteiger partial charge on any atom is 0.327 e. The van der Waals surface area contributed by atoms with Crippen LogP contribution in [0.1, 0.15) is 41.5 Å². The molecule has 0 radical (unpaired) electrons. The van der Waals surface area contributed by atoms with E-state index in [2.05, 4.69) is 31.3 Å². The molecule has 3 aromatic rings. The highest BCUT2D eigenvalue weighted by atomic mass is 79.9. The van der Waals surface area contributed by atoms with Crippen molar-refractivity contribution in [1.29, 1.82) is 0 Å². The van der Waals surface area contributed by atoms with E-state index in [0.717, 1.165) is 26.7 Å². The van der Waals surface area contributed by atoms with Crippen LogP contribution in [0.3, 0.4) is 0 Å². The number of pyridine rings is 1. The Labute approximate surface area is 183 Å². The summed E-state index contributed by atoms with van der Waals surface area (Å²) in [6, 6.07) is 9.36. The van der Waals surface area contributed by atoms with Crippen LogP contribution in [0.15, 0.2) is 53.4 Å². The molecule has 0 aliphatic carbocycles. The van der Waals surface area contributed by atoms with Crippen molar-refractivity contribution < 1.29 is 14.3 Å². The summed E-state index contributed by atoms with van der Waals surface area (Å²) < 4.78 is 7.42. The number of rotatable bonds is 7. The van der Waals surface area contributed by atoms with Gasteiger partial charge in [-0.25, -0.2) is 0 Å². The van der Waals surface area contributed by atoms with Gasteiger partial charge < -0.3 is 10.1 Å². The lowest BCUT2D eigenvalue weighted by molar-refractivity contribution is -0.144. The van der Waals surface area contributed by atoms with Gasteiger partial charge in [0.2, 0.25) is 0 Å². The van der Waals surface area contributed by atoms with Crippen molar-refractivity contribution in [2.75, 3.05) is 6.61 Å². The van der Waals surface area contributed by atoms with Crippen molar-refractivity contribution in [3.8, 4) is 11.1 Å². The number of nitrogens with zero attached hydrogens (tertiary/aromatic N) is 3. The van der Waals surface area contributed by atoms with Crippen LogP contribution >= 0.6 is 15.9 Å². The first-order valence-corrected chi connectivity index (χ1v) is 10.4. The summed E-state index contributed by atoms with van der Waals surface area (Å²) in [6.07, 6.45) is 5.08. The predicted octanol–water partition coefficient (Wildman–Crippen LogP) is 4.07. The number of nitrogens with one attached hydrogen (secondary N) is 1. The highest BCUT2D eigenvalue weighted by Gasteiger charge is 2.16. The second kappa shape index (κ2) is 9.67. The number of carbonyl (C=O) groups is 2. The molecule has 0 saturated carbocycles. The molecule has 0 spiro atoms. The topological polar surface area (TPSA) is 86.1 Å². The monoisotopic (exact) mass is 470 g/mol. The summed E-state index contributed by atoms with van der Waals surface area (Å²) in [7, 11) is 0. The largest absolute Gasteiger partial charge is 0.465 e. The van der Waals surface area contributed by atoms with Gasteiger partial charge >= 0.3 is 5.97 Å². The molecule has 156 valence electrons. The van der Waals surface area contributed by atoms with E-state index >= 15 is 0 Å². The molecule has 1 atom stereocenters. The quantitative estimate of drug-likeness (QED) is 0.525. The molecule has 7 nitrogen and oxygen atoms in total. The smallest absolute Gasteiger partial charge is 0.327 e. The van der Waals surface area contributed by atoms with E-state index < -0.39 is 0 Å². The molecule has 0 aliphatic rings. The maximum atomic E-state index is 12.8. The number of halogens is 1. The van der Waals surface area contributed by atoms with Crippen LogP contribution in [-0.4, -0.2) is 33.2 Å². The van der Waals surface area contributed by atoms with Gasteiger partial charge in [-0.2, -0.15) is 5.10 Å². The Morgan fingerprint density at radius 2 is 2.07 bits per heavy atom. The minimum absolute atomic E-state index is 0.0372. The summed E-state index contributed by atoms with van der Waals surface area (Å²) in [5.41, 5.74) is 3.84. The first-order chi connectivity index (χ1) is 14.4. The molecular formula is C22H23BrN4O3. The van der Waals surface area contributed by atoms with E-state index in [4.69, 9.17) is 4.74 Å². The van der Waals surface area contributed by atoms with Crippen LogP contribution in [0, 0.1) is 6.92 Å². The van der Waals surface area contributed by atoms with Gasteiger partial charge in [0, 0.05) is 22.4 Å². The zero-order valence-electron chi connectivity index (χ0n) is 17.1. The Balaban J connectivity index is 1.77. The van der Waals surface area contributed by atoms with Gasteiger partial charge in [0.1, 0.15) is 12.2 Å². The fourth-order valence-corrected chi connectivity index (χ4v) is 3.43. The number of aryl methyl sites for hydroxylation is 1. The van der Waals surface area contributed by atoms with Gasteiger partial charge in [0.05, 0.1) is 18.8 Å². The maximum absolute atomic E-state index is 12.8. The number of ether oxygens (including phenoxy) is 1. The van der Waals surface area contributed by atoms with Gasteiger partial charge in [0.15, 0.2) is 0 Å². The zero-order valence-corrected chi connectivity index (χ0v) is 18.6. The summed E-state index contributed by atoms with van der Waals surface area (Å²) >= 11 is 3.45. The van der Waals surface area contributed by atoms with Crippen molar-refractivity contribution in [2.24, 2.45) is 0 Å². The minimum atomic E-state index is -0.347. The van der Waals surface area contributed by atoms with Crippen LogP contribution in [0.4, 0.5) is 0 Å². The number of hydrogen-bond acceptors (Lipinski definition) is 5. The molecule has 0 bridgehead atoms. The Kier molecular flexibility index (Phi) is 6.99. The number of benzene rings is 1. The van der Waals surface area contributed by atoms with Crippen molar-refractivity contribution in [3.05, 3.63) is 70.2 Å². The first kappa shape index (κ1) is 21.7. The van der Waals surface area contributed by atoms with Crippen LogP contribution in [0.25, 0.3) is 11.1 Å². The fraction of sp³-hybridized carbons (Fsp3) is 0.273. The van der Waals surface area contributed by atoms with E-state index in [1.54, 1.807) is 31.6 Å². The zero-order chi connectivity index (χ0) is 21.7. The molecule has 1 unspecified atom stereocenters. The van der Waals surface area contributed by atoms with Gasteiger partial charge in [-0.3, -0.25) is 19.3 Å². The summed E-state index contributed by atoms with van der Waals surface area (Å²) in [5, 5.41) is 7.20. The standard InChI is InChI=1S/C22H23BrN4O3/c1-4-30-21(28)13-27-12-17(11-25-27)19-9-20(24-10-14(19)2)22(29)26-15(3)16-6-5-7-18(23)8-16/h5-12,15H,4,13H2,1-3H3,(H,26,29). The molecule has 0 fully saturated rings.